The molecule has 0 radical (unpaired) electrons. The Morgan fingerprint density at radius 2 is 0.791 bits per heavy atom. The quantitative estimate of drug-likeness (QED) is 0.205. The van der Waals surface area contributed by atoms with Crippen LogP contribution in [0.1, 0.15) is 0 Å². The molecule has 0 aliphatic heterocycles. The molecule has 0 bridgehead atoms. The summed E-state index contributed by atoms with van der Waals surface area (Å²) in [4.78, 5) is 4.59. The van der Waals surface area contributed by atoms with E-state index >= 15 is 0 Å². The lowest BCUT2D eigenvalue weighted by atomic mass is 10.1. The first-order valence-electron chi connectivity index (χ1n) is 14.5. The molecule has 204 valence electrons. The van der Waals surface area contributed by atoms with Gasteiger partial charge in [-0.3, -0.25) is 0 Å². The van der Waals surface area contributed by atoms with Crippen molar-refractivity contribution in [2.45, 2.75) is 0 Å². The van der Waals surface area contributed by atoms with Gasteiger partial charge < -0.3 is 14.2 Å². The van der Waals surface area contributed by atoms with Crippen LogP contribution in [-0.4, -0.2) is 0 Å². The Labute approximate surface area is 250 Å². The maximum absolute atomic E-state index is 6.41. The molecule has 0 amide bonds. The van der Waals surface area contributed by atoms with Crippen molar-refractivity contribution in [3.63, 3.8) is 0 Å². The van der Waals surface area contributed by atoms with Crippen molar-refractivity contribution in [1.29, 1.82) is 0 Å². The van der Waals surface area contributed by atoms with Crippen LogP contribution < -0.4 is 9.80 Å². The molecule has 1 aromatic heterocycles. The van der Waals surface area contributed by atoms with Crippen LogP contribution in [0.25, 0.3) is 32.7 Å². The molecule has 0 N–H and O–H groups in total. The third kappa shape index (κ3) is 4.48. The Morgan fingerprint density at radius 3 is 1.37 bits per heavy atom. The highest BCUT2D eigenvalue weighted by Gasteiger charge is 2.18. The molecule has 0 spiro atoms. The van der Waals surface area contributed by atoms with Crippen LogP contribution in [0.15, 0.2) is 174 Å². The summed E-state index contributed by atoms with van der Waals surface area (Å²) in [6, 6.07) is 59.6. The lowest BCUT2D eigenvalue weighted by molar-refractivity contribution is 0.672. The van der Waals surface area contributed by atoms with E-state index in [9.17, 15) is 0 Å². The highest BCUT2D eigenvalue weighted by atomic mass is 16.3. The SMILES string of the molecule is c1ccc(N(c2ccccc2)c2ccc(N(c3ccccc3)c3ccc4oc5c6ccccc6ccc5c4c3)cc2)cc1. The van der Waals surface area contributed by atoms with Gasteiger partial charge in [0.2, 0.25) is 0 Å². The third-order valence-electron chi connectivity index (χ3n) is 8.01. The van der Waals surface area contributed by atoms with Crippen molar-refractivity contribution in [3.05, 3.63) is 170 Å². The number of para-hydroxylation sites is 3. The van der Waals surface area contributed by atoms with Gasteiger partial charge in [-0.2, -0.15) is 0 Å². The van der Waals surface area contributed by atoms with Gasteiger partial charge in [0.15, 0.2) is 0 Å². The van der Waals surface area contributed by atoms with Gasteiger partial charge in [0, 0.05) is 50.3 Å². The zero-order valence-corrected chi connectivity index (χ0v) is 23.5. The Morgan fingerprint density at radius 1 is 0.326 bits per heavy atom. The Kier molecular flexibility index (Phi) is 6.12. The van der Waals surface area contributed by atoms with E-state index in [-0.39, 0.29) is 0 Å². The fraction of sp³-hybridized carbons (Fsp3) is 0. The predicted molar refractivity (Wildman–Crippen MR) is 181 cm³/mol. The number of hydrogen-bond acceptors (Lipinski definition) is 3. The number of fused-ring (bicyclic) bond motifs is 5. The smallest absolute Gasteiger partial charge is 0.143 e. The van der Waals surface area contributed by atoms with E-state index in [0.717, 1.165) is 61.4 Å². The number of rotatable bonds is 6. The Hall–Kier alpha value is -5.80. The molecular formula is C40H28N2O. The van der Waals surface area contributed by atoms with Gasteiger partial charge in [0.05, 0.1) is 0 Å². The van der Waals surface area contributed by atoms with Crippen LogP contribution in [0.5, 0.6) is 0 Å². The van der Waals surface area contributed by atoms with Gasteiger partial charge in [-0.25, -0.2) is 0 Å². The normalized spacial score (nSPS) is 11.3. The topological polar surface area (TPSA) is 19.6 Å². The maximum Gasteiger partial charge on any atom is 0.143 e. The van der Waals surface area contributed by atoms with E-state index in [4.69, 9.17) is 4.42 Å². The van der Waals surface area contributed by atoms with Crippen molar-refractivity contribution < 1.29 is 4.42 Å². The molecule has 3 heteroatoms. The molecule has 0 aliphatic rings. The minimum atomic E-state index is 0.889. The highest BCUT2D eigenvalue weighted by molar-refractivity contribution is 6.15. The zero-order valence-electron chi connectivity index (χ0n) is 23.5. The van der Waals surface area contributed by atoms with E-state index < -0.39 is 0 Å². The number of benzene rings is 7. The van der Waals surface area contributed by atoms with Gasteiger partial charge >= 0.3 is 0 Å². The summed E-state index contributed by atoms with van der Waals surface area (Å²) in [6.45, 7) is 0. The monoisotopic (exact) mass is 552 g/mol. The molecule has 0 fully saturated rings. The van der Waals surface area contributed by atoms with E-state index in [1.165, 1.54) is 5.39 Å². The van der Waals surface area contributed by atoms with Crippen molar-refractivity contribution >= 4 is 66.8 Å². The molecule has 0 saturated heterocycles. The summed E-state index contributed by atoms with van der Waals surface area (Å²) >= 11 is 0. The van der Waals surface area contributed by atoms with E-state index in [1.54, 1.807) is 0 Å². The molecular weight excluding hydrogens is 524 g/mol. The van der Waals surface area contributed by atoms with Crippen LogP contribution in [0.4, 0.5) is 34.1 Å². The number of furan rings is 1. The second-order valence-electron chi connectivity index (χ2n) is 10.6. The van der Waals surface area contributed by atoms with E-state index in [2.05, 4.69) is 180 Å². The number of nitrogens with zero attached hydrogens (tertiary/aromatic N) is 2. The summed E-state index contributed by atoms with van der Waals surface area (Å²) in [5.41, 5.74) is 8.40. The molecule has 3 nitrogen and oxygen atoms in total. The molecule has 0 aliphatic carbocycles. The predicted octanol–water partition coefficient (Wildman–Crippen LogP) is 11.7. The maximum atomic E-state index is 6.41. The Balaban J connectivity index is 1.25. The van der Waals surface area contributed by atoms with Crippen molar-refractivity contribution in [3.8, 4) is 0 Å². The highest BCUT2D eigenvalue weighted by Crippen LogP contribution is 2.41. The largest absolute Gasteiger partial charge is 0.455 e. The number of hydrogen-bond donors (Lipinski definition) is 0. The van der Waals surface area contributed by atoms with Crippen LogP contribution in [0.3, 0.4) is 0 Å². The first-order chi connectivity index (χ1) is 21.3. The van der Waals surface area contributed by atoms with Gasteiger partial charge in [0.1, 0.15) is 11.2 Å². The van der Waals surface area contributed by atoms with Crippen LogP contribution in [0.2, 0.25) is 0 Å². The molecule has 0 atom stereocenters. The lowest BCUT2D eigenvalue weighted by Gasteiger charge is -2.28. The minimum absolute atomic E-state index is 0.889. The fourth-order valence-corrected chi connectivity index (χ4v) is 6.01. The first-order valence-corrected chi connectivity index (χ1v) is 14.5. The van der Waals surface area contributed by atoms with Gasteiger partial charge in [-0.15, -0.1) is 0 Å². The molecule has 8 aromatic rings. The van der Waals surface area contributed by atoms with Crippen molar-refractivity contribution in [2.24, 2.45) is 0 Å². The average Bonchev–Trinajstić information content (AvgIpc) is 3.46. The summed E-state index contributed by atoms with van der Waals surface area (Å²) in [5.74, 6) is 0. The van der Waals surface area contributed by atoms with Crippen LogP contribution >= 0.6 is 0 Å². The van der Waals surface area contributed by atoms with E-state index in [1.807, 2.05) is 0 Å². The molecule has 1 heterocycles. The summed E-state index contributed by atoms with van der Waals surface area (Å²) in [6.07, 6.45) is 0. The molecule has 0 saturated carbocycles. The average molecular weight is 553 g/mol. The van der Waals surface area contributed by atoms with Gasteiger partial charge in [0.25, 0.3) is 0 Å². The van der Waals surface area contributed by atoms with Crippen LogP contribution in [-0.2, 0) is 0 Å². The summed E-state index contributed by atoms with van der Waals surface area (Å²) in [7, 11) is 0. The van der Waals surface area contributed by atoms with Crippen molar-refractivity contribution in [2.75, 3.05) is 9.80 Å². The lowest BCUT2D eigenvalue weighted by Crippen LogP contribution is -2.12. The minimum Gasteiger partial charge on any atom is -0.455 e. The van der Waals surface area contributed by atoms with Gasteiger partial charge in [-0.1, -0.05) is 84.9 Å². The molecule has 0 unspecified atom stereocenters. The Bertz CT molecular complexity index is 2130. The van der Waals surface area contributed by atoms with E-state index in [0.29, 0.717) is 0 Å². The second kappa shape index (κ2) is 10.6. The zero-order chi connectivity index (χ0) is 28.6. The molecule has 8 rings (SSSR count). The summed E-state index contributed by atoms with van der Waals surface area (Å²) in [5, 5.41) is 4.55. The standard InChI is InChI=1S/C40H28N2O/c1-4-13-30(14-5-1)41(31-15-6-2-7-16-31)33-21-23-34(24-22-33)42(32-17-8-3-9-18-32)35-25-27-39-38(28-35)37-26-20-29-12-10-11-19-36(29)40(37)43-39/h1-28H. The van der Waals surface area contributed by atoms with Crippen molar-refractivity contribution in [1.82, 2.24) is 0 Å². The second-order valence-corrected chi connectivity index (χ2v) is 10.6. The fourth-order valence-electron chi connectivity index (χ4n) is 6.01. The number of anilines is 6. The van der Waals surface area contributed by atoms with Gasteiger partial charge in [-0.05, 0) is 90.3 Å². The molecule has 7 aromatic carbocycles. The first kappa shape index (κ1) is 25.0. The molecule has 43 heavy (non-hydrogen) atoms. The summed E-state index contributed by atoms with van der Waals surface area (Å²) < 4.78 is 6.41. The van der Waals surface area contributed by atoms with Crippen LogP contribution in [0, 0.1) is 0 Å². The third-order valence-corrected chi connectivity index (χ3v) is 8.01.